The van der Waals surface area contributed by atoms with E-state index < -0.39 is 0 Å². The van der Waals surface area contributed by atoms with E-state index in [4.69, 9.17) is 4.99 Å². The standard InChI is InChI=1S/C17H34N4S/c1-4-18-17(19-12-14-7-6-10-21(3)13-14)20-15-8-9-16(11-15)22-5-2/h14-16H,4-13H2,1-3H3,(H2,18,19,20). The van der Waals surface area contributed by atoms with Crippen LogP contribution in [0, 0.1) is 5.92 Å². The molecule has 0 bridgehead atoms. The monoisotopic (exact) mass is 326 g/mol. The zero-order chi connectivity index (χ0) is 15.8. The van der Waals surface area contributed by atoms with Crippen molar-refractivity contribution >= 4 is 17.7 Å². The lowest BCUT2D eigenvalue weighted by Crippen LogP contribution is -2.43. The molecule has 4 nitrogen and oxygen atoms in total. The summed E-state index contributed by atoms with van der Waals surface area (Å²) in [5, 5.41) is 7.94. The zero-order valence-corrected chi connectivity index (χ0v) is 15.4. The van der Waals surface area contributed by atoms with Gasteiger partial charge in [-0.05, 0) is 64.3 Å². The lowest BCUT2D eigenvalue weighted by molar-refractivity contribution is 0.214. The molecule has 22 heavy (non-hydrogen) atoms. The van der Waals surface area contributed by atoms with Crippen molar-refractivity contribution in [1.82, 2.24) is 15.5 Å². The van der Waals surface area contributed by atoms with E-state index in [0.717, 1.165) is 30.2 Å². The first-order valence-electron chi connectivity index (χ1n) is 9.06. The molecular weight excluding hydrogens is 292 g/mol. The van der Waals surface area contributed by atoms with Gasteiger partial charge in [0.15, 0.2) is 5.96 Å². The Hall–Kier alpha value is -0.420. The first-order valence-corrected chi connectivity index (χ1v) is 10.1. The molecule has 0 aromatic carbocycles. The maximum absolute atomic E-state index is 4.87. The maximum Gasteiger partial charge on any atom is 0.191 e. The molecule has 1 heterocycles. The van der Waals surface area contributed by atoms with E-state index in [1.54, 1.807) is 0 Å². The fourth-order valence-electron chi connectivity index (χ4n) is 3.61. The third kappa shape index (κ3) is 5.99. The van der Waals surface area contributed by atoms with Crippen LogP contribution in [-0.4, -0.2) is 61.1 Å². The second-order valence-corrected chi connectivity index (χ2v) is 8.30. The largest absolute Gasteiger partial charge is 0.357 e. The van der Waals surface area contributed by atoms with Crippen LogP contribution in [0.1, 0.15) is 46.0 Å². The van der Waals surface area contributed by atoms with Crippen LogP contribution in [0.3, 0.4) is 0 Å². The Kier molecular flexibility index (Phi) is 7.87. The molecular formula is C17H34N4S. The predicted molar refractivity (Wildman–Crippen MR) is 98.9 cm³/mol. The molecule has 2 fully saturated rings. The van der Waals surface area contributed by atoms with Crippen LogP contribution >= 0.6 is 11.8 Å². The highest BCUT2D eigenvalue weighted by molar-refractivity contribution is 7.99. The second kappa shape index (κ2) is 9.66. The van der Waals surface area contributed by atoms with Crippen molar-refractivity contribution in [2.75, 3.05) is 39.0 Å². The van der Waals surface area contributed by atoms with Crippen molar-refractivity contribution < 1.29 is 0 Å². The Bertz CT molecular complexity index is 348. The van der Waals surface area contributed by atoms with Gasteiger partial charge in [0.1, 0.15) is 0 Å². The minimum Gasteiger partial charge on any atom is -0.357 e. The molecule has 2 N–H and O–H groups in total. The Morgan fingerprint density at radius 2 is 2.14 bits per heavy atom. The second-order valence-electron chi connectivity index (χ2n) is 6.72. The first kappa shape index (κ1) is 17.9. The third-order valence-electron chi connectivity index (χ3n) is 4.70. The van der Waals surface area contributed by atoms with Crippen LogP contribution in [0.15, 0.2) is 4.99 Å². The third-order valence-corrected chi connectivity index (χ3v) is 5.93. The van der Waals surface area contributed by atoms with E-state index >= 15 is 0 Å². The van der Waals surface area contributed by atoms with Gasteiger partial charge < -0.3 is 15.5 Å². The quantitative estimate of drug-likeness (QED) is 0.581. The summed E-state index contributed by atoms with van der Waals surface area (Å²) >= 11 is 2.11. The highest BCUT2D eigenvalue weighted by atomic mass is 32.2. The van der Waals surface area contributed by atoms with Crippen LogP contribution < -0.4 is 10.6 Å². The lowest BCUT2D eigenvalue weighted by Gasteiger charge is -2.28. The van der Waals surface area contributed by atoms with E-state index in [-0.39, 0.29) is 0 Å². The van der Waals surface area contributed by atoms with E-state index in [9.17, 15) is 0 Å². The zero-order valence-electron chi connectivity index (χ0n) is 14.6. The average molecular weight is 327 g/mol. The number of piperidine rings is 1. The molecule has 1 saturated carbocycles. The van der Waals surface area contributed by atoms with E-state index in [2.05, 4.69) is 48.2 Å². The minimum atomic E-state index is 0.607. The van der Waals surface area contributed by atoms with Gasteiger partial charge >= 0.3 is 0 Å². The van der Waals surface area contributed by atoms with Crippen LogP contribution in [0.5, 0.6) is 0 Å². The van der Waals surface area contributed by atoms with Gasteiger partial charge in [-0.15, -0.1) is 0 Å². The van der Waals surface area contributed by atoms with Crippen LogP contribution in [0.2, 0.25) is 0 Å². The molecule has 2 aliphatic rings. The number of hydrogen-bond donors (Lipinski definition) is 2. The van der Waals surface area contributed by atoms with E-state index in [0.29, 0.717) is 6.04 Å². The minimum absolute atomic E-state index is 0.607. The van der Waals surface area contributed by atoms with Gasteiger partial charge in [-0.1, -0.05) is 6.92 Å². The molecule has 1 saturated heterocycles. The van der Waals surface area contributed by atoms with Gasteiger partial charge in [-0.3, -0.25) is 4.99 Å². The highest BCUT2D eigenvalue weighted by Gasteiger charge is 2.25. The number of nitrogens with zero attached hydrogens (tertiary/aromatic N) is 2. The number of likely N-dealkylation sites (tertiary alicyclic amines) is 1. The molecule has 3 unspecified atom stereocenters. The molecule has 3 atom stereocenters. The normalized spacial score (nSPS) is 30.5. The maximum atomic E-state index is 4.87. The predicted octanol–water partition coefficient (Wildman–Crippen LogP) is 2.56. The molecule has 0 radical (unpaired) electrons. The van der Waals surface area contributed by atoms with Crippen molar-refractivity contribution in [2.45, 2.75) is 57.2 Å². The molecule has 128 valence electrons. The summed E-state index contributed by atoms with van der Waals surface area (Å²) in [6.45, 7) is 8.75. The number of rotatable bonds is 6. The molecule has 2 rings (SSSR count). The Labute approximate surface area is 140 Å². The molecule has 1 aliphatic carbocycles. The summed E-state index contributed by atoms with van der Waals surface area (Å²) in [5.74, 6) is 2.99. The molecule has 0 aromatic rings. The summed E-state index contributed by atoms with van der Waals surface area (Å²) in [5.41, 5.74) is 0. The summed E-state index contributed by atoms with van der Waals surface area (Å²) in [7, 11) is 2.23. The first-order chi connectivity index (χ1) is 10.7. The van der Waals surface area contributed by atoms with Gasteiger partial charge in [0.2, 0.25) is 0 Å². The van der Waals surface area contributed by atoms with E-state index in [1.165, 1.54) is 50.9 Å². The number of aliphatic imine (C=N–C) groups is 1. The number of nitrogens with one attached hydrogen (secondary N) is 2. The highest BCUT2D eigenvalue weighted by Crippen LogP contribution is 2.29. The Balaban J connectivity index is 1.80. The van der Waals surface area contributed by atoms with Crippen LogP contribution in [-0.2, 0) is 0 Å². The molecule has 1 aliphatic heterocycles. The van der Waals surface area contributed by atoms with Crippen molar-refractivity contribution in [3.05, 3.63) is 0 Å². The summed E-state index contributed by atoms with van der Waals surface area (Å²) in [4.78, 5) is 7.31. The molecule has 0 aromatic heterocycles. The summed E-state index contributed by atoms with van der Waals surface area (Å²) in [6.07, 6.45) is 6.57. The number of guanidine groups is 1. The van der Waals surface area contributed by atoms with Gasteiger partial charge in [-0.2, -0.15) is 11.8 Å². The number of thioether (sulfide) groups is 1. The van der Waals surface area contributed by atoms with Crippen molar-refractivity contribution in [2.24, 2.45) is 10.9 Å². The van der Waals surface area contributed by atoms with Gasteiger partial charge in [0.05, 0.1) is 0 Å². The Morgan fingerprint density at radius 3 is 2.86 bits per heavy atom. The Morgan fingerprint density at radius 1 is 1.27 bits per heavy atom. The van der Waals surface area contributed by atoms with E-state index in [1.807, 2.05) is 0 Å². The van der Waals surface area contributed by atoms with Crippen molar-refractivity contribution in [3.8, 4) is 0 Å². The number of hydrogen-bond acceptors (Lipinski definition) is 3. The van der Waals surface area contributed by atoms with Crippen molar-refractivity contribution in [1.29, 1.82) is 0 Å². The summed E-state index contributed by atoms with van der Waals surface area (Å²) < 4.78 is 0. The smallest absolute Gasteiger partial charge is 0.191 e. The molecule has 5 heteroatoms. The van der Waals surface area contributed by atoms with Crippen molar-refractivity contribution in [3.63, 3.8) is 0 Å². The van der Waals surface area contributed by atoms with Gasteiger partial charge in [0.25, 0.3) is 0 Å². The SMILES string of the molecule is CCNC(=NCC1CCCN(C)C1)NC1CCC(SCC)C1. The fraction of sp³-hybridized carbons (Fsp3) is 0.941. The lowest BCUT2D eigenvalue weighted by atomic mass is 9.99. The fourth-order valence-corrected chi connectivity index (χ4v) is 4.76. The topological polar surface area (TPSA) is 39.7 Å². The molecule has 0 amide bonds. The summed E-state index contributed by atoms with van der Waals surface area (Å²) in [6, 6.07) is 0.607. The van der Waals surface area contributed by atoms with Crippen LogP contribution in [0.4, 0.5) is 0 Å². The van der Waals surface area contributed by atoms with Gasteiger partial charge in [-0.25, -0.2) is 0 Å². The molecule has 0 spiro atoms. The van der Waals surface area contributed by atoms with Crippen LogP contribution in [0.25, 0.3) is 0 Å². The van der Waals surface area contributed by atoms with Gasteiger partial charge in [0, 0.05) is 30.9 Å². The average Bonchev–Trinajstić information content (AvgIpc) is 2.93.